The van der Waals surface area contributed by atoms with Crippen molar-refractivity contribution < 1.29 is 9.47 Å². The van der Waals surface area contributed by atoms with Crippen molar-refractivity contribution in [2.75, 3.05) is 47.5 Å². The number of benzene rings is 1. The van der Waals surface area contributed by atoms with Gasteiger partial charge in [0.1, 0.15) is 5.75 Å². The van der Waals surface area contributed by atoms with Crippen molar-refractivity contribution in [3.05, 3.63) is 29.8 Å². The van der Waals surface area contributed by atoms with Gasteiger partial charge in [-0.05, 0) is 38.7 Å². The van der Waals surface area contributed by atoms with E-state index in [0.717, 1.165) is 32.1 Å². The summed E-state index contributed by atoms with van der Waals surface area (Å²) in [5.41, 5.74) is 1.26. The number of methoxy groups -OCH3 is 1. The summed E-state index contributed by atoms with van der Waals surface area (Å²) in [6.45, 7) is 5.32. The van der Waals surface area contributed by atoms with Crippen LogP contribution in [-0.4, -0.2) is 52.4 Å². The Morgan fingerprint density at radius 3 is 2.74 bits per heavy atom. The number of rotatable bonds is 9. The fraction of sp³-hybridized carbons (Fsp3) is 0.600. The number of hydrogen-bond acceptors (Lipinski definition) is 4. The summed E-state index contributed by atoms with van der Waals surface area (Å²) >= 11 is 0. The molecule has 0 aliphatic heterocycles. The van der Waals surface area contributed by atoms with E-state index in [4.69, 9.17) is 9.47 Å². The number of ether oxygens (including phenoxy) is 2. The first-order chi connectivity index (χ1) is 9.19. The lowest BCUT2D eigenvalue weighted by Crippen LogP contribution is -2.32. The smallest absolute Gasteiger partial charge is 0.119 e. The molecule has 0 aliphatic carbocycles. The average molecular weight is 266 g/mol. The standard InChI is InChI=1S/C15H26N2O2/c1-5-19-10-9-16-12-15(17(2)3)13-7-6-8-14(11-13)18-4/h6-8,11,15-16H,5,9-10,12H2,1-4H3. The Hall–Kier alpha value is -1.10. The third-order valence-corrected chi connectivity index (χ3v) is 3.07. The van der Waals surface area contributed by atoms with Crippen molar-refractivity contribution in [1.82, 2.24) is 10.2 Å². The van der Waals surface area contributed by atoms with E-state index >= 15 is 0 Å². The van der Waals surface area contributed by atoms with E-state index in [1.54, 1.807) is 7.11 Å². The Kier molecular flexibility index (Phi) is 7.48. The molecule has 1 N–H and O–H groups in total. The van der Waals surface area contributed by atoms with E-state index < -0.39 is 0 Å². The predicted molar refractivity (Wildman–Crippen MR) is 78.8 cm³/mol. The predicted octanol–water partition coefficient (Wildman–Crippen LogP) is 1.92. The molecule has 4 heteroatoms. The third-order valence-electron chi connectivity index (χ3n) is 3.07. The molecule has 4 nitrogen and oxygen atoms in total. The third kappa shape index (κ3) is 5.59. The lowest BCUT2D eigenvalue weighted by Gasteiger charge is -2.25. The van der Waals surface area contributed by atoms with Crippen LogP contribution in [0.4, 0.5) is 0 Å². The Balaban J connectivity index is 2.56. The van der Waals surface area contributed by atoms with Gasteiger partial charge in [0.05, 0.1) is 13.7 Å². The largest absolute Gasteiger partial charge is 0.497 e. The highest BCUT2D eigenvalue weighted by molar-refractivity contribution is 5.30. The maximum absolute atomic E-state index is 5.32. The van der Waals surface area contributed by atoms with Gasteiger partial charge in [-0.3, -0.25) is 0 Å². The van der Waals surface area contributed by atoms with Gasteiger partial charge >= 0.3 is 0 Å². The molecule has 1 unspecified atom stereocenters. The second-order valence-electron chi connectivity index (χ2n) is 4.66. The summed E-state index contributed by atoms with van der Waals surface area (Å²) in [4.78, 5) is 2.21. The molecule has 0 spiro atoms. The molecule has 0 radical (unpaired) electrons. The molecule has 0 aromatic heterocycles. The van der Waals surface area contributed by atoms with Crippen LogP contribution in [0.1, 0.15) is 18.5 Å². The fourth-order valence-corrected chi connectivity index (χ4v) is 1.97. The van der Waals surface area contributed by atoms with Crippen molar-refractivity contribution in [3.63, 3.8) is 0 Å². The summed E-state index contributed by atoms with van der Waals surface area (Å²) < 4.78 is 10.6. The van der Waals surface area contributed by atoms with Gasteiger partial charge in [0, 0.05) is 25.7 Å². The van der Waals surface area contributed by atoms with Gasteiger partial charge in [-0.25, -0.2) is 0 Å². The molecule has 0 fully saturated rings. The highest BCUT2D eigenvalue weighted by atomic mass is 16.5. The van der Waals surface area contributed by atoms with Gasteiger partial charge in [-0.1, -0.05) is 12.1 Å². The summed E-state index contributed by atoms with van der Waals surface area (Å²) in [6, 6.07) is 8.56. The molecule has 0 heterocycles. The van der Waals surface area contributed by atoms with Crippen molar-refractivity contribution in [2.45, 2.75) is 13.0 Å². The van der Waals surface area contributed by atoms with Crippen molar-refractivity contribution in [2.24, 2.45) is 0 Å². The topological polar surface area (TPSA) is 33.7 Å². The minimum atomic E-state index is 0.330. The van der Waals surface area contributed by atoms with Gasteiger partial charge < -0.3 is 19.7 Å². The first-order valence-corrected chi connectivity index (χ1v) is 6.77. The lowest BCUT2D eigenvalue weighted by molar-refractivity contribution is 0.147. The van der Waals surface area contributed by atoms with E-state index in [0.29, 0.717) is 6.04 Å². The SMILES string of the molecule is CCOCCNCC(c1cccc(OC)c1)N(C)C. The Morgan fingerprint density at radius 1 is 1.32 bits per heavy atom. The summed E-state index contributed by atoms with van der Waals surface area (Å²) in [7, 11) is 5.88. The minimum absolute atomic E-state index is 0.330. The van der Waals surface area contributed by atoms with E-state index in [1.807, 2.05) is 19.1 Å². The highest BCUT2D eigenvalue weighted by Crippen LogP contribution is 2.21. The van der Waals surface area contributed by atoms with E-state index in [1.165, 1.54) is 5.56 Å². The van der Waals surface area contributed by atoms with Crippen LogP contribution in [0.5, 0.6) is 5.75 Å². The molecule has 0 amide bonds. The molecule has 0 aliphatic rings. The zero-order valence-electron chi connectivity index (χ0n) is 12.5. The van der Waals surface area contributed by atoms with Crippen LogP contribution in [0.2, 0.25) is 0 Å². The number of nitrogens with one attached hydrogen (secondary N) is 1. The minimum Gasteiger partial charge on any atom is -0.497 e. The normalized spacial score (nSPS) is 12.7. The van der Waals surface area contributed by atoms with Crippen molar-refractivity contribution in [3.8, 4) is 5.75 Å². The maximum Gasteiger partial charge on any atom is 0.119 e. The Morgan fingerprint density at radius 2 is 2.11 bits per heavy atom. The summed E-state index contributed by atoms with van der Waals surface area (Å²) in [6.07, 6.45) is 0. The number of hydrogen-bond donors (Lipinski definition) is 1. The van der Waals surface area contributed by atoms with Gasteiger partial charge in [-0.15, -0.1) is 0 Å². The van der Waals surface area contributed by atoms with Gasteiger partial charge in [0.15, 0.2) is 0 Å². The van der Waals surface area contributed by atoms with Gasteiger partial charge in [0.25, 0.3) is 0 Å². The molecule has 0 saturated heterocycles. The molecule has 0 saturated carbocycles. The van der Waals surface area contributed by atoms with Crippen LogP contribution >= 0.6 is 0 Å². The van der Waals surface area contributed by atoms with Gasteiger partial charge in [0.2, 0.25) is 0 Å². The molecular weight excluding hydrogens is 240 g/mol. The number of likely N-dealkylation sites (N-methyl/N-ethyl adjacent to an activating group) is 1. The Bertz CT molecular complexity index is 356. The van der Waals surface area contributed by atoms with Crippen LogP contribution in [0.3, 0.4) is 0 Å². The maximum atomic E-state index is 5.32. The van der Waals surface area contributed by atoms with E-state index in [9.17, 15) is 0 Å². The van der Waals surface area contributed by atoms with Crippen molar-refractivity contribution in [1.29, 1.82) is 0 Å². The molecule has 1 rings (SSSR count). The van der Waals surface area contributed by atoms with Crippen LogP contribution < -0.4 is 10.1 Å². The Labute approximate surface area is 116 Å². The van der Waals surface area contributed by atoms with Gasteiger partial charge in [-0.2, -0.15) is 0 Å². The first kappa shape index (κ1) is 16.0. The van der Waals surface area contributed by atoms with E-state index in [-0.39, 0.29) is 0 Å². The second kappa shape index (κ2) is 8.91. The first-order valence-electron chi connectivity index (χ1n) is 6.77. The van der Waals surface area contributed by atoms with Crippen LogP contribution in [0.15, 0.2) is 24.3 Å². The fourth-order valence-electron chi connectivity index (χ4n) is 1.97. The second-order valence-corrected chi connectivity index (χ2v) is 4.66. The van der Waals surface area contributed by atoms with Crippen molar-refractivity contribution >= 4 is 0 Å². The number of nitrogens with zero attached hydrogens (tertiary/aromatic N) is 1. The van der Waals surface area contributed by atoms with Crippen LogP contribution in [0.25, 0.3) is 0 Å². The molecule has 108 valence electrons. The molecule has 19 heavy (non-hydrogen) atoms. The average Bonchev–Trinajstić information content (AvgIpc) is 2.42. The molecule has 1 aromatic rings. The molecule has 1 atom stereocenters. The molecule has 0 bridgehead atoms. The summed E-state index contributed by atoms with van der Waals surface area (Å²) in [5.74, 6) is 0.902. The van der Waals surface area contributed by atoms with E-state index in [2.05, 4.69) is 36.4 Å². The van der Waals surface area contributed by atoms with Crippen LogP contribution in [0, 0.1) is 0 Å². The molecular formula is C15H26N2O2. The summed E-state index contributed by atoms with van der Waals surface area (Å²) in [5, 5.41) is 3.43. The lowest BCUT2D eigenvalue weighted by atomic mass is 10.1. The highest BCUT2D eigenvalue weighted by Gasteiger charge is 2.14. The zero-order valence-corrected chi connectivity index (χ0v) is 12.5. The monoisotopic (exact) mass is 266 g/mol. The molecule has 1 aromatic carbocycles. The van der Waals surface area contributed by atoms with Crippen LogP contribution in [-0.2, 0) is 4.74 Å². The quantitative estimate of drug-likeness (QED) is 0.692. The zero-order chi connectivity index (χ0) is 14.1.